The summed E-state index contributed by atoms with van der Waals surface area (Å²) in [5, 5.41) is 5.05. The van der Waals surface area contributed by atoms with Gasteiger partial charge in [-0.25, -0.2) is 0 Å². The molecule has 0 saturated carbocycles. The van der Waals surface area contributed by atoms with Gasteiger partial charge in [0.1, 0.15) is 0 Å². The van der Waals surface area contributed by atoms with Crippen LogP contribution in [0.5, 0.6) is 0 Å². The first-order valence-electron chi connectivity index (χ1n) is 17.6. The zero-order chi connectivity index (χ0) is 33.9. The minimum atomic E-state index is 1.14. The summed E-state index contributed by atoms with van der Waals surface area (Å²) in [4.78, 5) is 0. The first-order chi connectivity index (χ1) is 25.2. The van der Waals surface area contributed by atoms with E-state index in [1.54, 1.807) is 0 Å². The van der Waals surface area contributed by atoms with Crippen molar-refractivity contribution in [2.75, 3.05) is 0 Å². The van der Waals surface area contributed by atoms with Crippen molar-refractivity contribution in [2.24, 2.45) is 0 Å². The fraction of sp³-hybridized carbons (Fsp3) is 0.0204. The fourth-order valence-corrected chi connectivity index (χ4v) is 7.96. The lowest BCUT2D eigenvalue weighted by Crippen LogP contribution is -1.98. The van der Waals surface area contributed by atoms with Gasteiger partial charge in [0.15, 0.2) is 0 Å². The molecule has 0 fully saturated rings. The highest BCUT2D eigenvalue weighted by Crippen LogP contribution is 2.39. The Morgan fingerprint density at radius 2 is 0.843 bits per heavy atom. The number of benzene rings is 8. The second-order valence-corrected chi connectivity index (χ2v) is 13.5. The number of fused-ring (bicyclic) bond motifs is 6. The number of rotatable bonds is 5. The van der Waals surface area contributed by atoms with E-state index in [2.05, 4.69) is 204 Å². The fourth-order valence-electron chi connectivity index (χ4n) is 7.96. The van der Waals surface area contributed by atoms with Gasteiger partial charge in [0.05, 0.1) is 27.8 Å². The first-order valence-corrected chi connectivity index (χ1v) is 17.6. The van der Waals surface area contributed by atoms with Crippen LogP contribution in [0.25, 0.3) is 88.4 Å². The van der Waals surface area contributed by atoms with E-state index in [4.69, 9.17) is 0 Å². The molecule has 10 aromatic rings. The van der Waals surface area contributed by atoms with Crippen LogP contribution in [0.4, 0.5) is 0 Å². The molecule has 240 valence electrons. The molecule has 10 rings (SSSR count). The Balaban J connectivity index is 1.14. The van der Waals surface area contributed by atoms with E-state index in [1.165, 1.54) is 88.2 Å². The number of aryl methyl sites for hydroxylation is 1. The molecule has 51 heavy (non-hydrogen) atoms. The van der Waals surface area contributed by atoms with Gasteiger partial charge < -0.3 is 9.13 Å². The molecular formula is C49H34N2. The van der Waals surface area contributed by atoms with Crippen LogP contribution < -0.4 is 0 Å². The maximum atomic E-state index is 2.43. The molecule has 2 aromatic heterocycles. The number of aromatic nitrogens is 2. The standard InChI is InChI=1S/C49H34N2/c1-33-20-27-42-41-17-9-11-19-46(41)51(49(42)30-33)45-18-10-8-16-40(45)36-21-25-39(26-22-36)50-47-28-23-37(34-12-4-2-5-13-34)31-43(47)44-32-38(24-29-48(44)50)35-14-6-3-7-15-35/h2-32H,1H3. The van der Waals surface area contributed by atoms with Gasteiger partial charge in [-0.2, -0.15) is 0 Å². The molecule has 0 atom stereocenters. The van der Waals surface area contributed by atoms with Crippen molar-refractivity contribution in [3.05, 3.63) is 194 Å². The summed E-state index contributed by atoms with van der Waals surface area (Å²) in [7, 11) is 0. The van der Waals surface area contributed by atoms with Crippen molar-refractivity contribution in [3.63, 3.8) is 0 Å². The predicted octanol–water partition coefficient (Wildman–Crippen LogP) is 13.2. The molecule has 2 heteroatoms. The average molecular weight is 651 g/mol. The van der Waals surface area contributed by atoms with Crippen molar-refractivity contribution in [1.82, 2.24) is 9.13 Å². The third-order valence-corrected chi connectivity index (χ3v) is 10.4. The molecule has 0 spiro atoms. The summed E-state index contributed by atoms with van der Waals surface area (Å²) >= 11 is 0. The lowest BCUT2D eigenvalue weighted by molar-refractivity contribution is 1.17. The molecule has 0 bridgehead atoms. The van der Waals surface area contributed by atoms with Gasteiger partial charge in [-0.15, -0.1) is 0 Å². The molecule has 0 radical (unpaired) electrons. The second kappa shape index (κ2) is 11.8. The van der Waals surface area contributed by atoms with Crippen LogP contribution in [0.15, 0.2) is 188 Å². The maximum absolute atomic E-state index is 2.43. The van der Waals surface area contributed by atoms with Crippen LogP contribution in [0.1, 0.15) is 5.56 Å². The van der Waals surface area contributed by atoms with Gasteiger partial charge in [0.2, 0.25) is 0 Å². The van der Waals surface area contributed by atoms with Crippen LogP contribution in [0, 0.1) is 6.92 Å². The minimum absolute atomic E-state index is 1.14. The number of nitrogens with zero attached hydrogens (tertiary/aromatic N) is 2. The summed E-state index contributed by atoms with van der Waals surface area (Å²) in [5.74, 6) is 0. The molecule has 2 nitrogen and oxygen atoms in total. The van der Waals surface area contributed by atoms with Gasteiger partial charge in [0.25, 0.3) is 0 Å². The van der Waals surface area contributed by atoms with Crippen molar-refractivity contribution < 1.29 is 0 Å². The van der Waals surface area contributed by atoms with E-state index in [0.717, 1.165) is 5.69 Å². The molecule has 2 heterocycles. The summed E-state index contributed by atoms with van der Waals surface area (Å²) < 4.78 is 4.85. The predicted molar refractivity (Wildman–Crippen MR) is 216 cm³/mol. The van der Waals surface area contributed by atoms with E-state index in [-0.39, 0.29) is 0 Å². The van der Waals surface area contributed by atoms with Gasteiger partial charge >= 0.3 is 0 Å². The minimum Gasteiger partial charge on any atom is -0.309 e. The van der Waals surface area contributed by atoms with E-state index >= 15 is 0 Å². The van der Waals surface area contributed by atoms with Crippen LogP contribution >= 0.6 is 0 Å². The Morgan fingerprint density at radius 3 is 1.51 bits per heavy atom. The Morgan fingerprint density at radius 1 is 0.314 bits per heavy atom. The van der Waals surface area contributed by atoms with Gasteiger partial charge in [0, 0.05) is 32.8 Å². The lowest BCUT2D eigenvalue weighted by atomic mass is 10.0. The number of hydrogen-bond acceptors (Lipinski definition) is 0. The highest BCUT2D eigenvalue weighted by atomic mass is 15.0. The smallest absolute Gasteiger partial charge is 0.0543 e. The molecule has 0 aliphatic carbocycles. The molecule has 8 aromatic carbocycles. The zero-order valence-electron chi connectivity index (χ0n) is 28.3. The highest BCUT2D eigenvalue weighted by molar-refractivity contribution is 6.12. The summed E-state index contributed by atoms with van der Waals surface area (Å²) in [6.07, 6.45) is 0. The van der Waals surface area contributed by atoms with Crippen molar-refractivity contribution >= 4 is 43.6 Å². The molecule has 0 N–H and O–H groups in total. The average Bonchev–Trinajstić information content (AvgIpc) is 3.70. The number of para-hydroxylation sites is 2. The van der Waals surface area contributed by atoms with Crippen LogP contribution in [-0.4, -0.2) is 9.13 Å². The first kappa shape index (κ1) is 29.3. The Kier molecular flexibility index (Phi) is 6.75. The van der Waals surface area contributed by atoms with E-state index < -0.39 is 0 Å². The van der Waals surface area contributed by atoms with Crippen molar-refractivity contribution in [1.29, 1.82) is 0 Å². The highest BCUT2D eigenvalue weighted by Gasteiger charge is 2.17. The third-order valence-electron chi connectivity index (χ3n) is 10.4. The molecule has 0 amide bonds. The Labute approximate surface area is 297 Å². The third kappa shape index (κ3) is 4.80. The van der Waals surface area contributed by atoms with E-state index in [9.17, 15) is 0 Å². The summed E-state index contributed by atoms with van der Waals surface area (Å²) in [6, 6.07) is 68.6. The summed E-state index contributed by atoms with van der Waals surface area (Å²) in [5.41, 5.74) is 15.7. The van der Waals surface area contributed by atoms with E-state index in [0.29, 0.717) is 0 Å². The lowest BCUT2D eigenvalue weighted by Gasteiger charge is -2.15. The zero-order valence-corrected chi connectivity index (χ0v) is 28.3. The van der Waals surface area contributed by atoms with Crippen LogP contribution in [-0.2, 0) is 0 Å². The quantitative estimate of drug-likeness (QED) is 0.175. The van der Waals surface area contributed by atoms with Crippen molar-refractivity contribution in [2.45, 2.75) is 6.92 Å². The molecule has 0 aliphatic rings. The SMILES string of the molecule is Cc1ccc2c3ccccc3n(-c3ccccc3-c3ccc(-n4c5ccc(-c6ccccc6)cc5c5cc(-c6ccccc6)ccc54)cc3)c2c1. The summed E-state index contributed by atoms with van der Waals surface area (Å²) in [6.45, 7) is 2.17. The van der Waals surface area contributed by atoms with Crippen molar-refractivity contribution in [3.8, 4) is 44.8 Å². The topological polar surface area (TPSA) is 9.86 Å². The normalized spacial score (nSPS) is 11.6. The second-order valence-electron chi connectivity index (χ2n) is 13.5. The molecule has 0 saturated heterocycles. The van der Waals surface area contributed by atoms with Crippen LogP contribution in [0.2, 0.25) is 0 Å². The Hall–Kier alpha value is -6.64. The van der Waals surface area contributed by atoms with E-state index in [1.807, 2.05) is 0 Å². The maximum Gasteiger partial charge on any atom is 0.0543 e. The number of hydrogen-bond donors (Lipinski definition) is 0. The molecular weight excluding hydrogens is 617 g/mol. The van der Waals surface area contributed by atoms with Gasteiger partial charge in [-0.3, -0.25) is 0 Å². The molecule has 0 unspecified atom stereocenters. The Bertz CT molecular complexity index is 2790. The van der Waals surface area contributed by atoms with Gasteiger partial charge in [-0.1, -0.05) is 133 Å². The molecule has 0 aliphatic heterocycles. The monoisotopic (exact) mass is 650 g/mol. The largest absolute Gasteiger partial charge is 0.309 e. The van der Waals surface area contributed by atoms with Crippen LogP contribution in [0.3, 0.4) is 0 Å². The van der Waals surface area contributed by atoms with Gasteiger partial charge in [-0.05, 0) is 94.9 Å².